The van der Waals surface area contributed by atoms with Gasteiger partial charge in [0.05, 0.1) is 40.5 Å². The Morgan fingerprint density at radius 3 is 2.50 bits per heavy atom. The number of benzene rings is 3. The predicted octanol–water partition coefficient (Wildman–Crippen LogP) is 8.16. The summed E-state index contributed by atoms with van der Waals surface area (Å²) in [6.45, 7) is 11.5. The lowest BCUT2D eigenvalue weighted by atomic mass is 9.94. The molecule has 382 valence electrons. The minimum Gasteiger partial charge on any atom is -0.489 e. The molecule has 2 N–H and O–H groups in total. The van der Waals surface area contributed by atoms with Gasteiger partial charge in [0.2, 0.25) is 17.6 Å². The Balaban J connectivity index is 0.625. The lowest BCUT2D eigenvalue weighted by molar-refractivity contribution is -0.142. The van der Waals surface area contributed by atoms with Gasteiger partial charge in [-0.3, -0.25) is 48.6 Å². The van der Waals surface area contributed by atoms with Crippen LogP contribution in [0.15, 0.2) is 96.3 Å². The van der Waals surface area contributed by atoms with Crippen LogP contribution < -0.4 is 15.0 Å². The minimum atomic E-state index is -0.879. The molecule has 5 atom stereocenters. The number of ether oxygens (including phenoxy) is 1. The van der Waals surface area contributed by atoms with E-state index in [1.807, 2.05) is 42.4 Å². The van der Waals surface area contributed by atoms with Crippen LogP contribution in [0, 0.1) is 18.8 Å². The molecule has 3 fully saturated rings. The van der Waals surface area contributed by atoms with Gasteiger partial charge in [0.1, 0.15) is 24.2 Å². The van der Waals surface area contributed by atoms with Crippen LogP contribution in [-0.4, -0.2) is 119 Å². The summed E-state index contributed by atoms with van der Waals surface area (Å²) in [7, 11) is 1.66. The minimum absolute atomic E-state index is 0.00531. The average Bonchev–Trinajstić information content (AvgIpc) is 3.60. The van der Waals surface area contributed by atoms with Crippen LogP contribution in [0.3, 0.4) is 0 Å². The summed E-state index contributed by atoms with van der Waals surface area (Å²) < 4.78 is 8.93. The molecule has 0 bridgehead atoms. The molecule has 19 heteroatoms. The number of amides is 4. The van der Waals surface area contributed by atoms with E-state index in [9.17, 15) is 19.2 Å². The highest BCUT2D eigenvalue weighted by molar-refractivity contribution is 7.99. The molecule has 11 rings (SSSR count). The highest BCUT2D eigenvalue weighted by Gasteiger charge is 2.58. The Labute approximate surface area is 442 Å². The van der Waals surface area contributed by atoms with Crippen LogP contribution in [0.1, 0.15) is 76.7 Å². The maximum atomic E-state index is 13.1. The average molecular weight is 1050 g/mol. The van der Waals surface area contributed by atoms with Crippen molar-refractivity contribution in [3.8, 4) is 16.9 Å². The van der Waals surface area contributed by atoms with E-state index in [-0.39, 0.29) is 42.0 Å². The van der Waals surface area contributed by atoms with Gasteiger partial charge in [0.25, 0.3) is 11.8 Å². The number of imide groups is 1. The van der Waals surface area contributed by atoms with Crippen LogP contribution >= 0.6 is 34.7 Å². The molecule has 0 radical (unpaired) electrons. The predicted molar refractivity (Wildman–Crippen MR) is 286 cm³/mol. The van der Waals surface area contributed by atoms with Gasteiger partial charge >= 0.3 is 0 Å². The molecule has 3 aliphatic heterocycles. The highest BCUT2D eigenvalue weighted by Crippen LogP contribution is 2.48. The fourth-order valence-corrected chi connectivity index (χ4v) is 13.1. The van der Waals surface area contributed by atoms with Gasteiger partial charge in [-0.15, -0.1) is 28.2 Å². The number of carbonyl (C=O) groups excluding carboxylic acids is 4. The van der Waals surface area contributed by atoms with Crippen molar-refractivity contribution >= 4 is 74.2 Å². The molecule has 4 amide bonds. The Bertz CT molecular complexity index is 3230. The first-order valence-electron chi connectivity index (χ1n) is 25.3. The zero-order valence-electron chi connectivity index (χ0n) is 41.8. The highest BCUT2D eigenvalue weighted by atomic mass is 35.5. The Morgan fingerprint density at radius 1 is 0.919 bits per heavy atom. The number of likely N-dealkylation sites (N-methyl/N-ethyl adjacent to an activating group) is 1. The number of H-pyrrole nitrogens is 1. The normalized spacial score (nSPS) is 21.0. The summed E-state index contributed by atoms with van der Waals surface area (Å²) in [5.74, 6) is 0.973. The van der Waals surface area contributed by atoms with Crippen LogP contribution in [0.2, 0.25) is 5.02 Å². The van der Waals surface area contributed by atoms with Crippen molar-refractivity contribution in [1.29, 1.82) is 0 Å². The van der Waals surface area contributed by atoms with Crippen molar-refractivity contribution in [1.82, 2.24) is 50.0 Å². The SMILES string of the molecule is Cc1cc(Cl)cc(-c2ccnc3cc(CN4C(=O)C5CC5C4=O)sc23)c1CN1[C@@H](C)CN(Cc2cnn(CCCCSc3ccc(Cc4nc(C(=O)N[C@H]5COc6ccccc6N(C)C5=O)n[nH]4)cc3)c2)C[C@@H]1C. The first-order valence-corrected chi connectivity index (χ1v) is 27.5. The number of fused-ring (bicyclic) bond motifs is 3. The monoisotopic (exact) mass is 1050 g/mol. The number of hydrogen-bond donors (Lipinski definition) is 2. The lowest BCUT2D eigenvalue weighted by Crippen LogP contribution is -2.55. The number of thiophene rings is 1. The molecule has 3 aromatic carbocycles. The summed E-state index contributed by atoms with van der Waals surface area (Å²) in [6, 6.07) is 23.6. The molecule has 16 nitrogen and oxygen atoms in total. The van der Waals surface area contributed by atoms with E-state index in [4.69, 9.17) is 26.4 Å². The first-order chi connectivity index (χ1) is 35.8. The van der Waals surface area contributed by atoms with Crippen LogP contribution in [0.5, 0.6) is 5.75 Å². The number of aromatic amines is 1. The number of hydrogen-bond acceptors (Lipinski definition) is 13. The molecule has 7 aromatic rings. The fraction of sp³-hybridized carbons (Fsp3) is 0.382. The standard InChI is InChI=1S/C55H58ClN11O5S2/c1-32-19-37(56)21-41(40-15-16-57-45-22-39(74-50(40)45)29-67-53(69)42-23-43(42)54(67)70)44(32)30-66-33(2)25-64(26-34(66)3)27-36-24-58-65(28-36)17-7-8-18-73-38-13-11-35(12-14-38)20-49-60-51(62-61-49)52(68)59-46-31-72-48-10-6-5-9-47(48)63(4)55(46)71/h5-6,9-16,19,21-22,24,28,33-34,42-43,46H,7-8,17-18,20,23,25-27,29-31H2,1-4H3,(H,59,68)(H,60,61,62)/t33-,34-,42?,43?,46-/m0/s1. The van der Waals surface area contributed by atoms with Gasteiger partial charge in [0, 0.05) is 96.6 Å². The Morgan fingerprint density at radius 2 is 1.70 bits per heavy atom. The maximum absolute atomic E-state index is 13.1. The van der Waals surface area contributed by atoms with Crippen molar-refractivity contribution in [3.05, 3.63) is 135 Å². The summed E-state index contributed by atoms with van der Waals surface area (Å²) >= 11 is 10.2. The van der Waals surface area contributed by atoms with Crippen LogP contribution in [0.25, 0.3) is 21.3 Å². The van der Waals surface area contributed by atoms with Crippen molar-refractivity contribution in [2.45, 2.75) is 95.7 Å². The van der Waals surface area contributed by atoms with E-state index in [1.165, 1.54) is 25.8 Å². The Hall–Kier alpha value is -6.44. The largest absolute Gasteiger partial charge is 0.489 e. The molecule has 0 spiro atoms. The molecule has 1 saturated carbocycles. The van der Waals surface area contributed by atoms with Gasteiger partial charge in [0.15, 0.2) is 0 Å². The number of thioether (sulfide) groups is 1. The van der Waals surface area contributed by atoms with E-state index in [0.29, 0.717) is 53.8 Å². The maximum Gasteiger partial charge on any atom is 0.291 e. The summed E-state index contributed by atoms with van der Waals surface area (Å²) in [4.78, 5) is 71.0. The number of pyridine rings is 1. The number of anilines is 1. The molecule has 2 saturated heterocycles. The molecule has 4 aromatic heterocycles. The van der Waals surface area contributed by atoms with Gasteiger partial charge in [-0.05, 0) is 117 Å². The third-order valence-electron chi connectivity index (χ3n) is 14.7. The number of likely N-dealkylation sites (tertiary alicyclic amines) is 1. The number of aryl methyl sites for hydroxylation is 2. The number of rotatable bonds is 17. The Kier molecular flexibility index (Phi) is 14.2. The summed E-state index contributed by atoms with van der Waals surface area (Å²) in [5.41, 5.74) is 8.32. The van der Waals surface area contributed by atoms with Crippen LogP contribution in [0.4, 0.5) is 5.69 Å². The van der Waals surface area contributed by atoms with Crippen molar-refractivity contribution < 1.29 is 23.9 Å². The third-order valence-corrected chi connectivity index (χ3v) is 17.2. The number of piperidine rings is 1. The van der Waals surface area contributed by atoms with E-state index in [1.54, 1.807) is 30.5 Å². The van der Waals surface area contributed by atoms with Gasteiger partial charge in [-0.2, -0.15) is 5.10 Å². The summed E-state index contributed by atoms with van der Waals surface area (Å²) in [6.07, 6.45) is 9.32. The summed E-state index contributed by atoms with van der Waals surface area (Å²) in [5, 5.41) is 15.1. The third kappa shape index (κ3) is 10.5. The number of para-hydroxylation sites is 2. The van der Waals surface area contributed by atoms with Gasteiger partial charge < -0.3 is 15.0 Å². The topological polar surface area (TPSA) is 175 Å². The molecular formula is C55H58ClN11O5S2. The van der Waals surface area contributed by atoms with E-state index >= 15 is 0 Å². The molecule has 4 aliphatic rings. The molecule has 2 unspecified atom stereocenters. The molecule has 74 heavy (non-hydrogen) atoms. The van der Waals surface area contributed by atoms with Crippen LogP contribution in [-0.2, 0) is 47.0 Å². The number of unbranched alkanes of at least 4 members (excludes halogenated alkanes) is 1. The lowest BCUT2D eigenvalue weighted by Gasteiger charge is -2.45. The second kappa shape index (κ2) is 21.1. The number of aromatic nitrogens is 6. The zero-order chi connectivity index (χ0) is 51.2. The van der Waals surface area contributed by atoms with Crippen molar-refractivity contribution in [3.63, 3.8) is 0 Å². The quantitative estimate of drug-likeness (QED) is 0.0510. The molecule has 7 heterocycles. The van der Waals surface area contributed by atoms with Crippen molar-refractivity contribution in [2.75, 3.05) is 37.4 Å². The number of carbonyl (C=O) groups is 4. The number of nitrogens with zero attached hydrogens (tertiary/aromatic N) is 9. The number of halogens is 1. The smallest absolute Gasteiger partial charge is 0.291 e. The second-order valence-electron chi connectivity index (χ2n) is 20.1. The number of nitrogens with one attached hydrogen (secondary N) is 2. The second-order valence-corrected chi connectivity index (χ2v) is 22.8. The molecular weight excluding hydrogens is 994 g/mol. The van der Waals surface area contributed by atoms with E-state index < -0.39 is 11.9 Å². The zero-order valence-corrected chi connectivity index (χ0v) is 44.2. The van der Waals surface area contributed by atoms with E-state index in [0.717, 1.165) is 88.7 Å². The van der Waals surface area contributed by atoms with Gasteiger partial charge in [-0.1, -0.05) is 35.9 Å². The van der Waals surface area contributed by atoms with E-state index in [2.05, 4.69) is 104 Å². The first kappa shape index (κ1) is 49.8. The van der Waals surface area contributed by atoms with Crippen molar-refractivity contribution in [2.24, 2.45) is 11.8 Å². The van der Waals surface area contributed by atoms with Gasteiger partial charge in [-0.25, -0.2) is 4.98 Å². The number of piperazine rings is 1. The fourth-order valence-electron chi connectivity index (χ4n) is 10.7. The molecule has 1 aliphatic carbocycles.